The van der Waals surface area contributed by atoms with Crippen molar-refractivity contribution in [1.82, 2.24) is 5.32 Å². The standard InChI is InChI=1S/C68H131N2O6P/c1-6-8-10-12-14-16-18-20-22-24-25-26-27-28-29-30-31-32-33-34-35-36-37-38-39-40-41-42-43-44-45-46-48-50-52-54-56-58-60-62-68(72)69-66(65-76-77(73,74)75-64-63-70(3,4)5)67(71)61-59-57-55-53-51-49-47-23-21-19-17-15-13-11-9-7-2/h21,23,34-35,51,53,59,61,66-67,71H,6-20,22,24-33,36-50,52,54-58,60,62-65H2,1-5H3,(H-,69,72,73,74)/p+1/b23-21+,35-34-,53-51+,61-59+. The van der Waals surface area contributed by atoms with E-state index >= 15 is 0 Å². The van der Waals surface area contributed by atoms with Crippen molar-refractivity contribution in [2.75, 3.05) is 40.9 Å². The van der Waals surface area contributed by atoms with Gasteiger partial charge in [0, 0.05) is 6.42 Å². The molecule has 0 aromatic carbocycles. The van der Waals surface area contributed by atoms with Crippen LogP contribution in [-0.4, -0.2) is 73.4 Å². The van der Waals surface area contributed by atoms with Gasteiger partial charge in [0.2, 0.25) is 5.91 Å². The van der Waals surface area contributed by atoms with Crippen LogP contribution in [0.25, 0.3) is 0 Å². The van der Waals surface area contributed by atoms with E-state index in [1.54, 1.807) is 6.08 Å². The lowest BCUT2D eigenvalue weighted by molar-refractivity contribution is -0.870. The van der Waals surface area contributed by atoms with E-state index in [4.69, 9.17) is 9.05 Å². The summed E-state index contributed by atoms with van der Waals surface area (Å²) in [5.74, 6) is -0.187. The maximum Gasteiger partial charge on any atom is 0.472 e. The Kier molecular flexibility index (Phi) is 57.9. The number of carbonyl (C=O) groups is 1. The number of nitrogens with one attached hydrogen (secondary N) is 1. The van der Waals surface area contributed by atoms with Crippen LogP contribution in [0.1, 0.15) is 328 Å². The summed E-state index contributed by atoms with van der Waals surface area (Å²) in [5, 5.41) is 13.9. The zero-order valence-electron chi connectivity index (χ0n) is 52.0. The van der Waals surface area contributed by atoms with E-state index in [-0.39, 0.29) is 19.1 Å². The summed E-state index contributed by atoms with van der Waals surface area (Å²) < 4.78 is 23.7. The molecule has 454 valence electrons. The third-order valence-corrected chi connectivity index (χ3v) is 16.2. The van der Waals surface area contributed by atoms with Gasteiger partial charge in [-0.15, -0.1) is 0 Å². The molecule has 77 heavy (non-hydrogen) atoms. The van der Waals surface area contributed by atoms with E-state index in [1.807, 2.05) is 27.2 Å². The molecular weight excluding hydrogens is 972 g/mol. The zero-order chi connectivity index (χ0) is 56.3. The van der Waals surface area contributed by atoms with Crippen molar-refractivity contribution in [2.24, 2.45) is 0 Å². The number of likely N-dealkylation sites (N-methyl/N-ethyl adjacent to an activating group) is 1. The number of phosphoric acid groups is 1. The van der Waals surface area contributed by atoms with Crippen LogP contribution >= 0.6 is 7.82 Å². The van der Waals surface area contributed by atoms with Gasteiger partial charge in [0.05, 0.1) is 39.9 Å². The van der Waals surface area contributed by atoms with E-state index in [0.717, 1.165) is 44.9 Å². The topological polar surface area (TPSA) is 105 Å². The van der Waals surface area contributed by atoms with Crippen molar-refractivity contribution in [1.29, 1.82) is 0 Å². The summed E-state index contributed by atoms with van der Waals surface area (Å²) in [6.45, 7) is 4.81. The Morgan fingerprint density at radius 1 is 0.429 bits per heavy atom. The Bertz CT molecular complexity index is 1390. The lowest BCUT2D eigenvalue weighted by Crippen LogP contribution is -2.45. The van der Waals surface area contributed by atoms with Crippen molar-refractivity contribution in [3.8, 4) is 0 Å². The second-order valence-electron chi connectivity index (χ2n) is 24.2. The number of aliphatic hydroxyl groups is 1. The Balaban J connectivity index is 3.94. The molecule has 9 heteroatoms. The van der Waals surface area contributed by atoms with Crippen LogP contribution < -0.4 is 5.32 Å². The SMILES string of the molecule is CCCCCCCC/C=C/CC/C=C/CC/C=C/C(O)C(COP(=O)(O)OCC[N+](C)(C)C)NC(=O)CCCCCCCCCCCCCCCCCCC/C=C\CCCCCCCCCCCCCCCCCCCC. The molecule has 3 N–H and O–H groups in total. The highest BCUT2D eigenvalue weighted by molar-refractivity contribution is 7.47. The minimum atomic E-state index is -4.36. The molecule has 0 saturated heterocycles. The highest BCUT2D eigenvalue weighted by Gasteiger charge is 2.28. The summed E-state index contributed by atoms with van der Waals surface area (Å²) in [6, 6.07) is -0.870. The number of quaternary nitrogens is 1. The van der Waals surface area contributed by atoms with Crippen LogP contribution in [0.15, 0.2) is 48.6 Å². The van der Waals surface area contributed by atoms with Gasteiger partial charge < -0.3 is 19.8 Å². The van der Waals surface area contributed by atoms with Crippen LogP contribution in [-0.2, 0) is 18.4 Å². The van der Waals surface area contributed by atoms with Crippen LogP contribution in [0.3, 0.4) is 0 Å². The van der Waals surface area contributed by atoms with Gasteiger partial charge in [-0.3, -0.25) is 13.8 Å². The number of hydrogen-bond acceptors (Lipinski definition) is 5. The third kappa shape index (κ3) is 61.9. The normalized spacial score (nSPS) is 14.0. The van der Waals surface area contributed by atoms with E-state index in [2.05, 4.69) is 55.6 Å². The first-order valence-electron chi connectivity index (χ1n) is 33.5. The number of amides is 1. The summed E-state index contributed by atoms with van der Waals surface area (Å²) in [4.78, 5) is 23.3. The molecule has 3 unspecified atom stereocenters. The molecule has 0 aliphatic heterocycles. The Labute approximate surface area is 479 Å². The van der Waals surface area contributed by atoms with Gasteiger partial charge in [-0.1, -0.05) is 300 Å². The molecule has 0 heterocycles. The molecule has 3 atom stereocenters. The average Bonchev–Trinajstić information content (AvgIpc) is 3.39. The molecule has 0 rings (SSSR count). The first-order valence-corrected chi connectivity index (χ1v) is 35.0. The maximum atomic E-state index is 13.0. The summed E-state index contributed by atoms with van der Waals surface area (Å²) >= 11 is 0. The summed E-state index contributed by atoms with van der Waals surface area (Å²) in [5.41, 5.74) is 0. The Hall–Kier alpha value is -1.54. The predicted molar refractivity (Wildman–Crippen MR) is 337 cm³/mol. The van der Waals surface area contributed by atoms with Crippen molar-refractivity contribution < 1.29 is 32.9 Å². The quantitative estimate of drug-likeness (QED) is 0.0243. The van der Waals surface area contributed by atoms with E-state index in [1.165, 1.54) is 263 Å². The molecule has 1 amide bonds. The van der Waals surface area contributed by atoms with Crippen LogP contribution in [0.5, 0.6) is 0 Å². The number of hydrogen-bond donors (Lipinski definition) is 3. The van der Waals surface area contributed by atoms with Crippen LogP contribution in [0.4, 0.5) is 0 Å². The van der Waals surface area contributed by atoms with Gasteiger partial charge in [0.1, 0.15) is 13.2 Å². The van der Waals surface area contributed by atoms with Gasteiger partial charge in [0.15, 0.2) is 0 Å². The largest absolute Gasteiger partial charge is 0.472 e. The number of aliphatic hydroxyl groups excluding tert-OH is 1. The van der Waals surface area contributed by atoms with Gasteiger partial charge >= 0.3 is 7.82 Å². The first kappa shape index (κ1) is 75.5. The molecule has 0 bridgehead atoms. The molecule has 0 radical (unpaired) electrons. The minimum absolute atomic E-state index is 0.0539. The van der Waals surface area contributed by atoms with Gasteiger partial charge in [0.25, 0.3) is 0 Å². The number of rotatable bonds is 62. The highest BCUT2D eigenvalue weighted by atomic mass is 31.2. The first-order chi connectivity index (χ1) is 37.5. The average molecular weight is 1100 g/mol. The molecule has 0 aromatic heterocycles. The molecule has 0 aliphatic rings. The molecule has 8 nitrogen and oxygen atoms in total. The van der Waals surface area contributed by atoms with E-state index in [9.17, 15) is 19.4 Å². The van der Waals surface area contributed by atoms with Crippen molar-refractivity contribution in [3.05, 3.63) is 48.6 Å². The fourth-order valence-corrected chi connectivity index (χ4v) is 10.7. The Morgan fingerprint density at radius 3 is 1.04 bits per heavy atom. The van der Waals surface area contributed by atoms with Crippen molar-refractivity contribution in [3.63, 3.8) is 0 Å². The molecule has 0 saturated carbocycles. The monoisotopic (exact) mass is 1100 g/mol. The molecular formula is C68H132N2O6P+. The lowest BCUT2D eigenvalue weighted by atomic mass is 10.0. The van der Waals surface area contributed by atoms with E-state index < -0.39 is 20.0 Å². The molecule has 0 aromatic rings. The number of phosphoric ester groups is 1. The van der Waals surface area contributed by atoms with Gasteiger partial charge in [-0.05, 0) is 70.6 Å². The highest BCUT2D eigenvalue weighted by Crippen LogP contribution is 2.43. The maximum absolute atomic E-state index is 13.0. The second-order valence-corrected chi connectivity index (χ2v) is 25.6. The molecule has 0 spiro atoms. The van der Waals surface area contributed by atoms with Gasteiger partial charge in [-0.2, -0.15) is 0 Å². The Morgan fingerprint density at radius 2 is 0.714 bits per heavy atom. The third-order valence-electron chi connectivity index (χ3n) is 15.2. The van der Waals surface area contributed by atoms with Crippen molar-refractivity contribution >= 4 is 13.7 Å². The number of nitrogens with zero attached hydrogens (tertiary/aromatic N) is 1. The minimum Gasteiger partial charge on any atom is -0.387 e. The zero-order valence-corrected chi connectivity index (χ0v) is 52.9. The predicted octanol–water partition coefficient (Wildman–Crippen LogP) is 21.1. The van der Waals surface area contributed by atoms with Crippen molar-refractivity contribution in [2.45, 2.75) is 341 Å². The van der Waals surface area contributed by atoms with Crippen LogP contribution in [0.2, 0.25) is 0 Å². The fraction of sp³-hybridized carbons (Fsp3) is 0.868. The molecule has 0 fully saturated rings. The molecule has 0 aliphatic carbocycles. The fourth-order valence-electron chi connectivity index (χ4n) is 10.0. The van der Waals surface area contributed by atoms with Crippen LogP contribution in [0, 0.1) is 0 Å². The lowest BCUT2D eigenvalue weighted by Gasteiger charge is -2.25. The number of allylic oxidation sites excluding steroid dienone is 7. The smallest absolute Gasteiger partial charge is 0.387 e. The summed E-state index contributed by atoms with van der Waals surface area (Å²) in [6.07, 6.45) is 79.9. The number of carbonyl (C=O) groups excluding carboxylic acids is 1. The second kappa shape index (κ2) is 59.1. The number of unbranched alkanes of at least 4 members (excludes halogenated alkanes) is 43. The summed E-state index contributed by atoms with van der Waals surface area (Å²) in [7, 11) is 1.55. The van der Waals surface area contributed by atoms with Gasteiger partial charge in [-0.25, -0.2) is 4.57 Å². The van der Waals surface area contributed by atoms with E-state index in [0.29, 0.717) is 17.4 Å².